The lowest BCUT2D eigenvalue weighted by Gasteiger charge is -2.34. The third kappa shape index (κ3) is 6.10. The van der Waals surface area contributed by atoms with Gasteiger partial charge < -0.3 is 20.5 Å². The molecule has 3 N–H and O–H groups in total. The molecule has 1 atom stereocenters. The van der Waals surface area contributed by atoms with Crippen LogP contribution in [-0.2, 0) is 18.3 Å². The number of aliphatic hydroxyl groups is 1. The number of aryl methyl sites for hydroxylation is 1. The van der Waals surface area contributed by atoms with Gasteiger partial charge >= 0.3 is 0 Å². The van der Waals surface area contributed by atoms with Crippen LogP contribution in [0.15, 0.2) is 17.3 Å². The molecule has 1 saturated heterocycles. The Morgan fingerprint density at radius 1 is 1.42 bits per heavy atom. The fourth-order valence-corrected chi connectivity index (χ4v) is 2.63. The fourth-order valence-electron chi connectivity index (χ4n) is 2.63. The van der Waals surface area contributed by atoms with E-state index >= 15 is 0 Å². The Morgan fingerprint density at radius 3 is 2.79 bits per heavy atom. The van der Waals surface area contributed by atoms with Crippen LogP contribution >= 0.6 is 0 Å². The van der Waals surface area contributed by atoms with Crippen LogP contribution in [-0.4, -0.2) is 77.3 Å². The van der Waals surface area contributed by atoms with Crippen LogP contribution < -0.4 is 10.6 Å². The molecule has 24 heavy (non-hydrogen) atoms. The van der Waals surface area contributed by atoms with Crippen molar-refractivity contribution in [1.82, 2.24) is 25.3 Å². The van der Waals surface area contributed by atoms with Gasteiger partial charge in [-0.2, -0.15) is 5.10 Å². The van der Waals surface area contributed by atoms with E-state index in [1.165, 1.54) is 0 Å². The molecule has 1 aromatic heterocycles. The average molecular weight is 338 g/mol. The van der Waals surface area contributed by atoms with Gasteiger partial charge in [0.2, 0.25) is 0 Å². The minimum Gasteiger partial charge on any atom is -0.387 e. The van der Waals surface area contributed by atoms with Crippen LogP contribution in [0.25, 0.3) is 0 Å². The first-order valence-electron chi connectivity index (χ1n) is 8.52. The van der Waals surface area contributed by atoms with Crippen LogP contribution in [0.5, 0.6) is 0 Å². The van der Waals surface area contributed by atoms with Crippen molar-refractivity contribution in [2.45, 2.75) is 26.0 Å². The normalized spacial score (nSPS) is 19.1. The van der Waals surface area contributed by atoms with Gasteiger partial charge in [0.15, 0.2) is 5.96 Å². The number of β-amino-alcohol motifs (C(OH)–C–C–N with tert-alkyl or cyclic N) is 1. The number of ether oxygens (including phenoxy) is 1. The molecule has 0 amide bonds. The van der Waals surface area contributed by atoms with Crippen LogP contribution in [0, 0.1) is 0 Å². The van der Waals surface area contributed by atoms with Gasteiger partial charge in [0, 0.05) is 46.0 Å². The lowest BCUT2D eigenvalue weighted by molar-refractivity contribution is -0.0201. The monoisotopic (exact) mass is 338 g/mol. The molecule has 1 unspecified atom stereocenters. The number of morpholine rings is 1. The summed E-state index contributed by atoms with van der Waals surface area (Å²) in [4.78, 5) is 6.78. The second kappa shape index (κ2) is 9.00. The molecule has 0 spiro atoms. The lowest BCUT2D eigenvalue weighted by Crippen LogP contribution is -2.53. The Hall–Kier alpha value is -1.64. The highest BCUT2D eigenvalue weighted by Gasteiger charge is 2.25. The van der Waals surface area contributed by atoms with Gasteiger partial charge in [-0.05, 0) is 19.9 Å². The molecular weight excluding hydrogens is 308 g/mol. The Kier molecular flexibility index (Phi) is 7.01. The minimum absolute atomic E-state index is 0.432. The molecule has 0 radical (unpaired) electrons. The van der Waals surface area contributed by atoms with E-state index in [4.69, 9.17) is 4.74 Å². The highest BCUT2D eigenvalue weighted by Crippen LogP contribution is 2.07. The van der Waals surface area contributed by atoms with Gasteiger partial charge in [-0.15, -0.1) is 0 Å². The van der Waals surface area contributed by atoms with Crippen molar-refractivity contribution in [1.29, 1.82) is 0 Å². The fraction of sp³-hybridized carbons (Fsp3) is 0.750. The van der Waals surface area contributed by atoms with Gasteiger partial charge in [-0.1, -0.05) is 0 Å². The van der Waals surface area contributed by atoms with Crippen molar-refractivity contribution in [3.63, 3.8) is 0 Å². The quantitative estimate of drug-likeness (QED) is 0.461. The molecule has 1 aliphatic rings. The van der Waals surface area contributed by atoms with Crippen molar-refractivity contribution < 1.29 is 9.84 Å². The van der Waals surface area contributed by atoms with E-state index in [0.29, 0.717) is 25.6 Å². The third-order valence-corrected chi connectivity index (χ3v) is 3.97. The van der Waals surface area contributed by atoms with E-state index in [1.807, 2.05) is 31.6 Å². The summed E-state index contributed by atoms with van der Waals surface area (Å²) in [7, 11) is 1.90. The van der Waals surface area contributed by atoms with Crippen LogP contribution in [0.1, 0.15) is 19.5 Å². The van der Waals surface area contributed by atoms with Crippen molar-refractivity contribution >= 4 is 5.96 Å². The van der Waals surface area contributed by atoms with Gasteiger partial charge in [0.05, 0.1) is 31.1 Å². The number of guanidine groups is 1. The highest BCUT2D eigenvalue weighted by molar-refractivity contribution is 5.79. The number of hydrogen-bond donors (Lipinski definition) is 3. The summed E-state index contributed by atoms with van der Waals surface area (Å²) in [6.07, 6.45) is 1.76. The molecule has 2 rings (SSSR count). The van der Waals surface area contributed by atoms with Gasteiger partial charge in [0.1, 0.15) is 0 Å². The van der Waals surface area contributed by atoms with E-state index in [2.05, 4.69) is 25.6 Å². The summed E-state index contributed by atoms with van der Waals surface area (Å²) in [5.41, 5.74) is 0.201. The molecule has 8 heteroatoms. The summed E-state index contributed by atoms with van der Waals surface area (Å²) < 4.78 is 7.15. The summed E-state index contributed by atoms with van der Waals surface area (Å²) in [5, 5.41) is 21.2. The van der Waals surface area contributed by atoms with E-state index in [1.54, 1.807) is 6.20 Å². The summed E-state index contributed by atoms with van der Waals surface area (Å²) in [6.45, 7) is 9.42. The summed E-state index contributed by atoms with van der Waals surface area (Å²) >= 11 is 0. The van der Waals surface area contributed by atoms with E-state index in [9.17, 15) is 5.11 Å². The van der Waals surface area contributed by atoms with Gasteiger partial charge in [0.25, 0.3) is 0 Å². The maximum absolute atomic E-state index is 10.6. The molecule has 1 aliphatic heterocycles. The van der Waals surface area contributed by atoms with Crippen molar-refractivity contribution in [3.8, 4) is 0 Å². The van der Waals surface area contributed by atoms with Crippen molar-refractivity contribution in [2.75, 3.05) is 45.9 Å². The molecule has 0 bridgehead atoms. The topological polar surface area (TPSA) is 86.9 Å². The standard InChI is InChI=1S/C16H30N6O2/c1-4-17-15(18-11-14-5-6-20-21(14)3)19-12-16(2,23)13-22-7-9-24-10-8-22/h5-6,23H,4,7-13H2,1-3H3,(H2,17,18,19). The molecular formula is C16H30N6O2. The lowest BCUT2D eigenvalue weighted by atomic mass is 10.1. The van der Waals surface area contributed by atoms with Crippen molar-refractivity contribution in [3.05, 3.63) is 18.0 Å². The predicted octanol–water partition coefficient (Wildman–Crippen LogP) is -0.442. The molecule has 2 heterocycles. The predicted molar refractivity (Wildman–Crippen MR) is 93.9 cm³/mol. The zero-order valence-electron chi connectivity index (χ0n) is 15.0. The summed E-state index contributed by atoms with van der Waals surface area (Å²) in [5.74, 6) is 0.695. The molecule has 0 aromatic carbocycles. The third-order valence-electron chi connectivity index (χ3n) is 3.97. The molecule has 0 aliphatic carbocycles. The maximum Gasteiger partial charge on any atom is 0.191 e. The average Bonchev–Trinajstić information content (AvgIpc) is 2.96. The molecule has 0 saturated carbocycles. The van der Waals surface area contributed by atoms with E-state index in [0.717, 1.165) is 38.5 Å². The molecule has 8 nitrogen and oxygen atoms in total. The van der Waals surface area contributed by atoms with E-state index < -0.39 is 5.60 Å². The highest BCUT2D eigenvalue weighted by atomic mass is 16.5. The Morgan fingerprint density at radius 2 is 2.17 bits per heavy atom. The first kappa shape index (κ1) is 18.7. The zero-order valence-corrected chi connectivity index (χ0v) is 15.0. The molecule has 1 aromatic rings. The second-order valence-electron chi connectivity index (χ2n) is 6.38. The van der Waals surface area contributed by atoms with Gasteiger partial charge in [-0.25, -0.2) is 4.99 Å². The van der Waals surface area contributed by atoms with E-state index in [-0.39, 0.29) is 0 Å². The zero-order chi connectivity index (χ0) is 17.4. The first-order chi connectivity index (χ1) is 11.5. The van der Waals surface area contributed by atoms with Crippen LogP contribution in [0.3, 0.4) is 0 Å². The first-order valence-corrected chi connectivity index (χ1v) is 8.52. The Bertz CT molecular complexity index is 522. The minimum atomic E-state index is -0.833. The largest absolute Gasteiger partial charge is 0.387 e. The number of nitrogens with zero attached hydrogens (tertiary/aromatic N) is 4. The SMILES string of the molecule is CCNC(=NCc1ccnn1C)NCC(C)(O)CN1CCOCC1. The second-order valence-corrected chi connectivity index (χ2v) is 6.38. The number of rotatable bonds is 7. The molecule has 1 fully saturated rings. The smallest absolute Gasteiger partial charge is 0.191 e. The summed E-state index contributed by atoms with van der Waals surface area (Å²) in [6, 6.07) is 1.95. The number of aliphatic imine (C=N–C) groups is 1. The van der Waals surface area contributed by atoms with Gasteiger partial charge in [-0.3, -0.25) is 9.58 Å². The number of aromatic nitrogens is 2. The maximum atomic E-state index is 10.6. The molecule has 136 valence electrons. The Labute approximate surface area is 143 Å². The van der Waals surface area contributed by atoms with Crippen LogP contribution in [0.4, 0.5) is 0 Å². The Balaban J connectivity index is 1.85. The number of nitrogens with one attached hydrogen (secondary N) is 2. The van der Waals surface area contributed by atoms with Crippen molar-refractivity contribution in [2.24, 2.45) is 12.0 Å². The number of hydrogen-bond acceptors (Lipinski definition) is 5. The van der Waals surface area contributed by atoms with Crippen LogP contribution in [0.2, 0.25) is 0 Å².